The molecule has 1 aromatic heterocycles. The van der Waals surface area contributed by atoms with Crippen molar-refractivity contribution in [1.82, 2.24) is 9.47 Å². The van der Waals surface area contributed by atoms with Crippen LogP contribution in [0.4, 0.5) is 0 Å². The van der Waals surface area contributed by atoms with E-state index in [1.54, 1.807) is 24.3 Å². The minimum absolute atomic E-state index is 0.147. The van der Waals surface area contributed by atoms with Crippen LogP contribution in [-0.2, 0) is 4.79 Å². The number of carbonyl (C=O) groups excluding carboxylic acids is 1. The summed E-state index contributed by atoms with van der Waals surface area (Å²) >= 11 is 1.34. The van der Waals surface area contributed by atoms with Gasteiger partial charge in [0.05, 0.1) is 18.4 Å². The fraction of sp³-hybridized carbons (Fsp3) is 0.190. The van der Waals surface area contributed by atoms with Gasteiger partial charge in [-0.15, -0.1) is 0 Å². The van der Waals surface area contributed by atoms with Crippen molar-refractivity contribution in [2.24, 2.45) is 4.99 Å². The number of hydrogen-bond acceptors (Lipinski definition) is 4. The summed E-state index contributed by atoms with van der Waals surface area (Å²) in [6.07, 6.45) is 3.51. The summed E-state index contributed by atoms with van der Waals surface area (Å²) < 4.78 is 7.65. The van der Waals surface area contributed by atoms with Gasteiger partial charge in [0.25, 0.3) is 5.91 Å². The number of ether oxygens (including phenoxy) is 1. The standard InChI is InChI=1S/C21H20N4O2S/c1-12-5-6-18(27-4)17(9-12)25-13(2)10-15(14(25)3)11-16-19(22)24-7-8-28-21(24)23-20(16)26/h5-11,22H,1-4H3/b16-11-,22-19?. The molecule has 0 saturated carbocycles. The van der Waals surface area contributed by atoms with Crippen molar-refractivity contribution in [3.8, 4) is 11.4 Å². The van der Waals surface area contributed by atoms with E-state index in [4.69, 9.17) is 10.1 Å². The van der Waals surface area contributed by atoms with Crippen molar-refractivity contribution in [3.63, 3.8) is 0 Å². The third-order valence-electron chi connectivity index (χ3n) is 4.86. The average molecular weight is 392 g/mol. The number of thioether (sulfide) groups is 1. The van der Waals surface area contributed by atoms with Crippen LogP contribution >= 0.6 is 11.8 Å². The fourth-order valence-corrected chi connectivity index (χ4v) is 4.17. The summed E-state index contributed by atoms with van der Waals surface area (Å²) in [5.41, 5.74) is 5.23. The molecule has 1 N–H and O–H groups in total. The van der Waals surface area contributed by atoms with Crippen molar-refractivity contribution in [3.05, 3.63) is 64.0 Å². The first-order valence-electron chi connectivity index (χ1n) is 8.81. The Kier molecular flexibility index (Phi) is 4.47. The van der Waals surface area contributed by atoms with Crippen LogP contribution in [0.2, 0.25) is 0 Å². The van der Waals surface area contributed by atoms with Gasteiger partial charge in [-0.25, -0.2) is 0 Å². The van der Waals surface area contributed by atoms with Gasteiger partial charge in [0.15, 0.2) is 5.17 Å². The Bertz CT molecular complexity index is 1110. The molecule has 1 aromatic carbocycles. The first-order chi connectivity index (χ1) is 13.4. The summed E-state index contributed by atoms with van der Waals surface area (Å²) in [6.45, 7) is 6.05. The van der Waals surface area contributed by atoms with Crippen LogP contribution in [0, 0.1) is 26.2 Å². The highest BCUT2D eigenvalue weighted by molar-refractivity contribution is 8.16. The van der Waals surface area contributed by atoms with Crippen molar-refractivity contribution in [2.75, 3.05) is 7.11 Å². The topological polar surface area (TPSA) is 70.7 Å². The molecule has 2 aliphatic rings. The second-order valence-corrected chi connectivity index (χ2v) is 7.59. The van der Waals surface area contributed by atoms with E-state index in [2.05, 4.69) is 15.6 Å². The number of amides is 1. The molecule has 7 heteroatoms. The number of rotatable bonds is 3. The number of aromatic nitrogens is 1. The second-order valence-electron chi connectivity index (χ2n) is 6.72. The highest BCUT2D eigenvalue weighted by atomic mass is 32.2. The zero-order valence-corrected chi connectivity index (χ0v) is 16.9. The molecule has 2 aliphatic heterocycles. The zero-order chi connectivity index (χ0) is 20.0. The molecule has 0 bridgehead atoms. The van der Waals surface area contributed by atoms with E-state index in [9.17, 15) is 4.79 Å². The predicted octanol–water partition coefficient (Wildman–Crippen LogP) is 4.19. The van der Waals surface area contributed by atoms with E-state index in [-0.39, 0.29) is 17.3 Å². The molecule has 142 valence electrons. The van der Waals surface area contributed by atoms with E-state index in [1.807, 2.05) is 44.4 Å². The normalized spacial score (nSPS) is 17.4. The lowest BCUT2D eigenvalue weighted by Gasteiger charge is -2.22. The molecular weight excluding hydrogens is 372 g/mol. The smallest absolute Gasteiger partial charge is 0.283 e. The number of nitrogens with one attached hydrogen (secondary N) is 1. The summed E-state index contributed by atoms with van der Waals surface area (Å²) in [7, 11) is 1.66. The van der Waals surface area contributed by atoms with Gasteiger partial charge in [0, 0.05) is 17.6 Å². The third-order valence-corrected chi connectivity index (χ3v) is 5.62. The number of nitrogens with zero attached hydrogens (tertiary/aromatic N) is 3. The molecule has 0 aliphatic carbocycles. The Labute approximate surface area is 167 Å². The molecule has 28 heavy (non-hydrogen) atoms. The first kappa shape index (κ1) is 18.3. The number of methoxy groups -OCH3 is 1. The highest BCUT2D eigenvalue weighted by Gasteiger charge is 2.31. The number of benzene rings is 1. The van der Waals surface area contributed by atoms with E-state index in [1.165, 1.54) is 11.8 Å². The maximum absolute atomic E-state index is 12.5. The van der Waals surface area contributed by atoms with E-state index < -0.39 is 0 Å². The van der Waals surface area contributed by atoms with Crippen LogP contribution in [0.25, 0.3) is 11.8 Å². The average Bonchev–Trinajstić information content (AvgIpc) is 3.23. The molecule has 0 spiro atoms. The second kappa shape index (κ2) is 6.83. The summed E-state index contributed by atoms with van der Waals surface area (Å²) in [4.78, 5) is 18.2. The van der Waals surface area contributed by atoms with E-state index in [0.29, 0.717) is 5.17 Å². The van der Waals surface area contributed by atoms with Crippen molar-refractivity contribution >= 4 is 34.7 Å². The van der Waals surface area contributed by atoms with Crippen molar-refractivity contribution < 1.29 is 9.53 Å². The lowest BCUT2D eigenvalue weighted by Crippen LogP contribution is -2.35. The van der Waals surface area contributed by atoms with Crippen LogP contribution in [0.5, 0.6) is 5.75 Å². The molecule has 3 heterocycles. The number of amidine groups is 2. The van der Waals surface area contributed by atoms with E-state index in [0.717, 1.165) is 34.0 Å². The number of aryl methyl sites for hydroxylation is 2. The van der Waals surface area contributed by atoms with Gasteiger partial charge in [-0.1, -0.05) is 17.8 Å². The Morgan fingerprint density at radius 3 is 2.75 bits per heavy atom. The monoisotopic (exact) mass is 392 g/mol. The van der Waals surface area contributed by atoms with Crippen molar-refractivity contribution in [2.45, 2.75) is 20.8 Å². The quantitative estimate of drug-likeness (QED) is 0.795. The molecule has 6 nitrogen and oxygen atoms in total. The maximum Gasteiger partial charge on any atom is 0.283 e. The number of carbonyl (C=O) groups is 1. The molecule has 0 atom stereocenters. The maximum atomic E-state index is 12.5. The van der Waals surface area contributed by atoms with Crippen LogP contribution in [-0.4, -0.2) is 33.5 Å². The predicted molar refractivity (Wildman–Crippen MR) is 113 cm³/mol. The lowest BCUT2D eigenvalue weighted by molar-refractivity contribution is -0.114. The van der Waals surface area contributed by atoms with Crippen LogP contribution in [0.3, 0.4) is 0 Å². The minimum Gasteiger partial charge on any atom is -0.495 e. The van der Waals surface area contributed by atoms with Gasteiger partial charge in [0.1, 0.15) is 11.6 Å². The Hall–Kier alpha value is -3.06. The van der Waals surface area contributed by atoms with Gasteiger partial charge < -0.3 is 9.30 Å². The largest absolute Gasteiger partial charge is 0.495 e. The zero-order valence-electron chi connectivity index (χ0n) is 16.1. The third kappa shape index (κ3) is 2.88. The highest BCUT2D eigenvalue weighted by Crippen LogP contribution is 2.31. The Balaban J connectivity index is 1.82. The van der Waals surface area contributed by atoms with Gasteiger partial charge in [-0.2, -0.15) is 4.99 Å². The molecule has 0 radical (unpaired) electrons. The SMILES string of the molecule is COc1ccc(C)cc1-n1c(C)cc(/C=C2/C(=N)N3C=CSC3=NC2=O)c1C. The Morgan fingerprint density at radius 1 is 1.21 bits per heavy atom. The van der Waals surface area contributed by atoms with Crippen molar-refractivity contribution in [1.29, 1.82) is 5.41 Å². The van der Waals surface area contributed by atoms with Gasteiger partial charge in [-0.3, -0.25) is 15.1 Å². The Morgan fingerprint density at radius 2 is 2.00 bits per heavy atom. The number of fused-ring (bicyclic) bond motifs is 1. The van der Waals surface area contributed by atoms with Crippen LogP contribution in [0.1, 0.15) is 22.5 Å². The van der Waals surface area contributed by atoms with Gasteiger partial charge in [0.2, 0.25) is 0 Å². The fourth-order valence-electron chi connectivity index (χ4n) is 3.47. The molecule has 2 aromatic rings. The number of aliphatic imine (C=N–C) groups is 1. The minimum atomic E-state index is -0.384. The summed E-state index contributed by atoms with van der Waals surface area (Å²) in [5, 5.41) is 10.8. The van der Waals surface area contributed by atoms with Crippen LogP contribution < -0.4 is 4.74 Å². The molecule has 0 fully saturated rings. The van der Waals surface area contributed by atoms with Gasteiger partial charge >= 0.3 is 0 Å². The molecule has 0 unspecified atom stereocenters. The number of hydrogen-bond donors (Lipinski definition) is 1. The molecule has 1 amide bonds. The summed E-state index contributed by atoms with van der Waals surface area (Å²) in [5.74, 6) is 0.543. The molecule has 0 saturated heterocycles. The van der Waals surface area contributed by atoms with E-state index >= 15 is 0 Å². The molecule has 4 rings (SSSR count). The lowest BCUT2D eigenvalue weighted by atomic mass is 10.1. The van der Waals surface area contributed by atoms with Gasteiger partial charge in [-0.05, 0) is 61.6 Å². The first-order valence-corrected chi connectivity index (χ1v) is 9.69. The summed E-state index contributed by atoms with van der Waals surface area (Å²) in [6, 6.07) is 8.05. The molecular formula is C21H20N4O2S. The van der Waals surface area contributed by atoms with Crippen LogP contribution in [0.15, 0.2) is 46.4 Å².